The molecule has 0 aromatic heterocycles. The van der Waals surface area contributed by atoms with E-state index in [2.05, 4.69) is 42.0 Å². The maximum atomic E-state index is 5.37. The van der Waals surface area contributed by atoms with Crippen LogP contribution in [0.4, 0.5) is 0 Å². The third-order valence-electron chi connectivity index (χ3n) is 4.24. The Bertz CT molecular complexity index is 422. The summed E-state index contributed by atoms with van der Waals surface area (Å²) in [5.41, 5.74) is 1.40. The van der Waals surface area contributed by atoms with E-state index >= 15 is 0 Å². The van der Waals surface area contributed by atoms with Crippen molar-refractivity contribution in [1.29, 1.82) is 0 Å². The van der Waals surface area contributed by atoms with Crippen LogP contribution in [0.1, 0.15) is 45.6 Å². The fourth-order valence-electron chi connectivity index (χ4n) is 2.44. The Balaban J connectivity index is 2.92. The van der Waals surface area contributed by atoms with Gasteiger partial charge in [0, 0.05) is 16.6 Å². The molecule has 0 aliphatic heterocycles. The van der Waals surface area contributed by atoms with Crippen LogP contribution in [-0.4, -0.2) is 19.8 Å². The molecule has 0 heterocycles. The van der Waals surface area contributed by atoms with Gasteiger partial charge < -0.3 is 14.8 Å². The van der Waals surface area contributed by atoms with E-state index in [1.54, 1.807) is 14.2 Å². The highest BCUT2D eigenvalue weighted by Gasteiger charge is 2.23. The smallest absolute Gasteiger partial charge is 0.161 e. The molecule has 114 valence electrons. The molecule has 0 fully saturated rings. The highest BCUT2D eigenvalue weighted by atomic mass is 79.9. The van der Waals surface area contributed by atoms with E-state index in [0.29, 0.717) is 0 Å². The van der Waals surface area contributed by atoms with E-state index in [1.165, 1.54) is 5.56 Å². The van der Waals surface area contributed by atoms with Crippen LogP contribution >= 0.6 is 15.9 Å². The van der Waals surface area contributed by atoms with Crippen molar-refractivity contribution in [2.75, 3.05) is 14.2 Å². The molecule has 0 saturated heterocycles. The zero-order valence-corrected chi connectivity index (χ0v) is 14.8. The lowest BCUT2D eigenvalue weighted by Gasteiger charge is -2.32. The summed E-state index contributed by atoms with van der Waals surface area (Å²) in [5.74, 6) is 1.51. The fourth-order valence-corrected chi connectivity index (χ4v) is 2.90. The summed E-state index contributed by atoms with van der Waals surface area (Å²) in [6, 6.07) is 3.99. The molecule has 0 aliphatic carbocycles. The SMILES string of the molecule is CCC(CC)(CC)NCc1cc(OC)c(OC)cc1Br. The van der Waals surface area contributed by atoms with Gasteiger partial charge in [-0.3, -0.25) is 0 Å². The first-order chi connectivity index (χ1) is 9.55. The summed E-state index contributed by atoms with van der Waals surface area (Å²) in [7, 11) is 3.32. The summed E-state index contributed by atoms with van der Waals surface area (Å²) in [4.78, 5) is 0. The van der Waals surface area contributed by atoms with E-state index in [9.17, 15) is 0 Å². The van der Waals surface area contributed by atoms with Crippen molar-refractivity contribution in [1.82, 2.24) is 5.32 Å². The van der Waals surface area contributed by atoms with Crippen molar-refractivity contribution < 1.29 is 9.47 Å². The molecule has 0 aliphatic rings. The second-order valence-corrected chi connectivity index (χ2v) is 5.85. The average Bonchev–Trinajstić information content (AvgIpc) is 2.49. The monoisotopic (exact) mass is 343 g/mol. The third-order valence-corrected chi connectivity index (χ3v) is 4.97. The van der Waals surface area contributed by atoms with Crippen molar-refractivity contribution in [3.05, 3.63) is 22.2 Å². The normalized spacial score (nSPS) is 11.5. The molecule has 3 nitrogen and oxygen atoms in total. The minimum atomic E-state index is 0.215. The Kier molecular flexibility index (Phi) is 6.83. The lowest BCUT2D eigenvalue weighted by atomic mass is 9.89. The van der Waals surface area contributed by atoms with Crippen LogP contribution in [0.5, 0.6) is 11.5 Å². The number of nitrogens with one attached hydrogen (secondary N) is 1. The molecule has 0 atom stereocenters. The third kappa shape index (κ3) is 3.89. The summed E-state index contributed by atoms with van der Waals surface area (Å²) in [5, 5.41) is 3.70. The molecule has 0 unspecified atom stereocenters. The largest absolute Gasteiger partial charge is 0.493 e. The number of hydrogen-bond acceptors (Lipinski definition) is 3. The number of ether oxygens (including phenoxy) is 2. The average molecular weight is 344 g/mol. The quantitative estimate of drug-likeness (QED) is 0.752. The van der Waals surface area contributed by atoms with Gasteiger partial charge in [-0.1, -0.05) is 36.7 Å². The van der Waals surface area contributed by atoms with Crippen molar-refractivity contribution in [2.45, 2.75) is 52.1 Å². The Hall–Kier alpha value is -0.740. The first-order valence-corrected chi connectivity index (χ1v) is 8.00. The van der Waals surface area contributed by atoms with Gasteiger partial charge in [-0.2, -0.15) is 0 Å². The Morgan fingerprint density at radius 3 is 1.95 bits per heavy atom. The van der Waals surface area contributed by atoms with Crippen LogP contribution < -0.4 is 14.8 Å². The molecule has 1 rings (SSSR count). The minimum Gasteiger partial charge on any atom is -0.493 e. The summed E-state index contributed by atoms with van der Waals surface area (Å²) >= 11 is 3.61. The predicted molar refractivity (Wildman–Crippen MR) is 87.7 cm³/mol. The fraction of sp³-hybridized carbons (Fsp3) is 0.625. The zero-order valence-electron chi connectivity index (χ0n) is 13.2. The van der Waals surface area contributed by atoms with E-state index in [4.69, 9.17) is 9.47 Å². The van der Waals surface area contributed by atoms with Gasteiger partial charge in [-0.15, -0.1) is 0 Å². The number of benzene rings is 1. The molecule has 0 radical (unpaired) electrons. The molecule has 1 N–H and O–H groups in total. The van der Waals surface area contributed by atoms with Gasteiger partial charge in [0.2, 0.25) is 0 Å². The van der Waals surface area contributed by atoms with Crippen molar-refractivity contribution >= 4 is 15.9 Å². The number of rotatable bonds is 8. The summed E-state index contributed by atoms with van der Waals surface area (Å²) < 4.78 is 11.7. The van der Waals surface area contributed by atoms with Crippen molar-refractivity contribution in [3.63, 3.8) is 0 Å². The molecule has 4 heteroatoms. The van der Waals surface area contributed by atoms with E-state index in [-0.39, 0.29) is 5.54 Å². The molecule has 0 amide bonds. The van der Waals surface area contributed by atoms with Gasteiger partial charge >= 0.3 is 0 Å². The highest BCUT2D eigenvalue weighted by Crippen LogP contribution is 2.33. The van der Waals surface area contributed by atoms with Crippen LogP contribution in [0.3, 0.4) is 0 Å². The van der Waals surface area contributed by atoms with Crippen LogP contribution in [-0.2, 0) is 6.54 Å². The lowest BCUT2D eigenvalue weighted by Crippen LogP contribution is -2.43. The summed E-state index contributed by atoms with van der Waals surface area (Å²) in [6.45, 7) is 7.54. The predicted octanol–water partition coefficient (Wildman–Crippen LogP) is 4.52. The van der Waals surface area contributed by atoms with Gasteiger partial charge in [-0.25, -0.2) is 0 Å². The maximum Gasteiger partial charge on any atom is 0.161 e. The molecular weight excluding hydrogens is 318 g/mol. The van der Waals surface area contributed by atoms with Gasteiger partial charge in [0.15, 0.2) is 11.5 Å². The highest BCUT2D eigenvalue weighted by molar-refractivity contribution is 9.10. The molecule has 0 bridgehead atoms. The standard InChI is InChI=1S/C16H26BrNO2/c1-6-16(7-2,8-3)18-11-12-9-14(19-4)15(20-5)10-13(12)17/h9-10,18H,6-8,11H2,1-5H3. The molecule has 0 spiro atoms. The lowest BCUT2D eigenvalue weighted by molar-refractivity contribution is 0.287. The second kappa shape index (κ2) is 7.89. The topological polar surface area (TPSA) is 30.5 Å². The first-order valence-electron chi connectivity index (χ1n) is 7.21. The van der Waals surface area contributed by atoms with Gasteiger partial charge in [0.25, 0.3) is 0 Å². The maximum absolute atomic E-state index is 5.37. The van der Waals surface area contributed by atoms with Gasteiger partial charge in [0.1, 0.15) is 0 Å². The van der Waals surface area contributed by atoms with Crippen LogP contribution in [0.25, 0.3) is 0 Å². The van der Waals surface area contributed by atoms with E-state index in [1.807, 2.05) is 12.1 Å². The molecule has 20 heavy (non-hydrogen) atoms. The van der Waals surface area contributed by atoms with Crippen molar-refractivity contribution in [3.8, 4) is 11.5 Å². The number of hydrogen-bond donors (Lipinski definition) is 1. The van der Waals surface area contributed by atoms with Crippen LogP contribution in [0, 0.1) is 0 Å². The minimum absolute atomic E-state index is 0.215. The first kappa shape index (κ1) is 17.3. The molecule has 1 aromatic rings. The number of methoxy groups -OCH3 is 2. The second-order valence-electron chi connectivity index (χ2n) is 4.99. The van der Waals surface area contributed by atoms with E-state index in [0.717, 1.165) is 41.8 Å². The Morgan fingerprint density at radius 1 is 1.00 bits per heavy atom. The van der Waals surface area contributed by atoms with E-state index < -0.39 is 0 Å². The zero-order chi connectivity index (χ0) is 15.2. The van der Waals surface area contributed by atoms with Crippen LogP contribution in [0.2, 0.25) is 0 Å². The van der Waals surface area contributed by atoms with Crippen LogP contribution in [0.15, 0.2) is 16.6 Å². The molecular formula is C16H26BrNO2. The van der Waals surface area contributed by atoms with Gasteiger partial charge in [0.05, 0.1) is 14.2 Å². The molecule has 1 aromatic carbocycles. The Labute approximate surface area is 131 Å². The van der Waals surface area contributed by atoms with Crippen molar-refractivity contribution in [2.24, 2.45) is 0 Å². The van der Waals surface area contributed by atoms with Gasteiger partial charge in [-0.05, 0) is 37.0 Å². The molecule has 0 saturated carbocycles. The number of halogens is 1. The summed E-state index contributed by atoms with van der Waals surface area (Å²) in [6.07, 6.45) is 3.39. The Morgan fingerprint density at radius 2 is 1.50 bits per heavy atom.